The van der Waals surface area contributed by atoms with Crippen LogP contribution >= 0.6 is 11.6 Å². The molecule has 1 atom stereocenters. The fraction of sp³-hybridized carbons (Fsp3) is 0.267. The molecule has 0 radical (unpaired) electrons. The molecule has 0 bridgehead atoms. The van der Waals surface area contributed by atoms with E-state index in [-0.39, 0.29) is 19.1 Å². The highest BCUT2D eigenvalue weighted by atomic mass is 35.5. The van der Waals surface area contributed by atoms with Gasteiger partial charge in [0.15, 0.2) is 6.10 Å². The Morgan fingerprint density at radius 3 is 2.90 bits per heavy atom. The van der Waals surface area contributed by atoms with Gasteiger partial charge in [0.05, 0.1) is 24.4 Å². The molecule has 0 saturated carbocycles. The molecule has 0 aliphatic carbocycles. The number of aliphatic hydroxyl groups excluding tert-OH is 1. The van der Waals surface area contributed by atoms with Crippen molar-refractivity contribution in [3.8, 4) is 5.75 Å². The quantitative estimate of drug-likeness (QED) is 0.860. The van der Waals surface area contributed by atoms with Crippen molar-refractivity contribution < 1.29 is 19.1 Å². The maximum Gasteiger partial charge on any atom is 0.261 e. The highest BCUT2D eigenvalue weighted by Crippen LogP contribution is 2.29. The lowest BCUT2D eigenvalue weighted by atomic mass is 10.2. The molecular weight excluding hydrogens is 294 g/mol. The summed E-state index contributed by atoms with van der Waals surface area (Å²) in [7, 11) is 0. The Hall–Kier alpha value is -1.98. The van der Waals surface area contributed by atoms with Gasteiger partial charge in [-0.1, -0.05) is 23.7 Å². The number of nitrogens with one attached hydrogen (secondary N) is 1. The molecule has 0 saturated heterocycles. The molecule has 1 aromatic heterocycles. The van der Waals surface area contributed by atoms with Crippen LogP contribution in [0.3, 0.4) is 0 Å². The number of rotatable bonds is 6. The monoisotopic (exact) mass is 309 g/mol. The van der Waals surface area contributed by atoms with Crippen LogP contribution in [0, 0.1) is 0 Å². The number of carbonyl (C=O) groups excluding carboxylic acids is 1. The molecule has 5 nitrogen and oxygen atoms in total. The Labute approximate surface area is 127 Å². The number of hydrogen-bond acceptors (Lipinski definition) is 4. The molecule has 2 rings (SSSR count). The van der Waals surface area contributed by atoms with Crippen LogP contribution in [0.4, 0.5) is 0 Å². The number of benzene rings is 1. The Balaban J connectivity index is 1.97. The van der Waals surface area contributed by atoms with Crippen molar-refractivity contribution in [2.75, 3.05) is 0 Å². The van der Waals surface area contributed by atoms with Crippen LogP contribution in [0.1, 0.15) is 18.2 Å². The van der Waals surface area contributed by atoms with Crippen LogP contribution in [0.2, 0.25) is 5.02 Å². The van der Waals surface area contributed by atoms with Gasteiger partial charge in [-0.15, -0.1) is 0 Å². The highest BCUT2D eigenvalue weighted by Gasteiger charge is 2.18. The maximum absolute atomic E-state index is 12.0. The topological polar surface area (TPSA) is 71.7 Å². The standard InChI is InChI=1S/C15H16ClNO4/c1-10(15(19)17-8-12-5-3-7-20-12)21-14-11(9-18)4-2-6-13(14)16/h2-7,10,18H,8-9H2,1H3,(H,17,19). The Bertz CT molecular complexity index is 598. The molecule has 1 heterocycles. The van der Waals surface area contributed by atoms with E-state index < -0.39 is 6.10 Å². The van der Waals surface area contributed by atoms with E-state index in [1.165, 1.54) is 0 Å². The second kappa shape index (κ2) is 7.15. The molecule has 0 spiro atoms. The van der Waals surface area contributed by atoms with Gasteiger partial charge in [0.25, 0.3) is 5.91 Å². The van der Waals surface area contributed by atoms with Crippen molar-refractivity contribution in [1.29, 1.82) is 0 Å². The zero-order valence-electron chi connectivity index (χ0n) is 11.5. The molecule has 0 aliphatic rings. The van der Waals surface area contributed by atoms with Crippen LogP contribution in [0.25, 0.3) is 0 Å². The molecular formula is C15H16ClNO4. The molecule has 0 aliphatic heterocycles. The van der Waals surface area contributed by atoms with Gasteiger partial charge < -0.3 is 19.6 Å². The third-order valence-corrected chi connectivity index (χ3v) is 3.20. The van der Waals surface area contributed by atoms with Crippen molar-refractivity contribution in [3.05, 3.63) is 52.9 Å². The molecule has 1 amide bonds. The Morgan fingerprint density at radius 2 is 2.24 bits per heavy atom. The zero-order valence-corrected chi connectivity index (χ0v) is 12.3. The first-order valence-corrected chi connectivity index (χ1v) is 6.84. The summed E-state index contributed by atoms with van der Waals surface area (Å²) < 4.78 is 10.7. The number of amides is 1. The minimum atomic E-state index is -0.745. The van der Waals surface area contributed by atoms with E-state index in [0.717, 1.165) is 0 Å². The lowest BCUT2D eigenvalue weighted by Crippen LogP contribution is -2.36. The number of ether oxygens (including phenoxy) is 1. The molecule has 0 fully saturated rings. The van der Waals surface area contributed by atoms with E-state index in [4.69, 9.17) is 20.8 Å². The molecule has 112 valence electrons. The van der Waals surface area contributed by atoms with Crippen molar-refractivity contribution in [2.24, 2.45) is 0 Å². The van der Waals surface area contributed by atoms with Gasteiger partial charge in [-0.2, -0.15) is 0 Å². The number of para-hydroxylation sites is 1. The van der Waals surface area contributed by atoms with Gasteiger partial charge in [0, 0.05) is 5.56 Å². The summed E-state index contributed by atoms with van der Waals surface area (Å²) in [5, 5.41) is 12.3. The molecule has 1 unspecified atom stereocenters. The molecule has 2 N–H and O–H groups in total. The predicted octanol–water partition coefficient (Wildman–Crippen LogP) is 2.51. The SMILES string of the molecule is CC(Oc1c(Cl)cccc1CO)C(=O)NCc1ccco1. The van der Waals surface area contributed by atoms with Gasteiger partial charge in [-0.05, 0) is 25.1 Å². The van der Waals surface area contributed by atoms with Gasteiger partial charge in [-0.3, -0.25) is 4.79 Å². The number of aliphatic hydroxyl groups is 1. The third kappa shape index (κ3) is 4.00. The van der Waals surface area contributed by atoms with Gasteiger partial charge in [0.2, 0.25) is 0 Å². The van der Waals surface area contributed by atoms with Crippen molar-refractivity contribution in [2.45, 2.75) is 26.2 Å². The third-order valence-electron chi connectivity index (χ3n) is 2.90. The van der Waals surface area contributed by atoms with E-state index in [9.17, 15) is 9.90 Å². The summed E-state index contributed by atoms with van der Waals surface area (Å²) in [4.78, 5) is 12.0. The summed E-state index contributed by atoms with van der Waals surface area (Å²) in [6.45, 7) is 1.69. The minimum absolute atomic E-state index is 0.212. The van der Waals surface area contributed by atoms with Crippen LogP contribution in [-0.2, 0) is 17.9 Å². The molecule has 21 heavy (non-hydrogen) atoms. The second-order valence-corrected chi connectivity index (χ2v) is 4.85. The van der Waals surface area contributed by atoms with Crippen LogP contribution < -0.4 is 10.1 Å². The first-order chi connectivity index (χ1) is 10.1. The van der Waals surface area contributed by atoms with Gasteiger partial charge >= 0.3 is 0 Å². The van der Waals surface area contributed by atoms with E-state index in [1.54, 1.807) is 43.5 Å². The van der Waals surface area contributed by atoms with Crippen LogP contribution in [0.15, 0.2) is 41.0 Å². The lowest BCUT2D eigenvalue weighted by molar-refractivity contribution is -0.127. The molecule has 1 aromatic carbocycles. The van der Waals surface area contributed by atoms with Crippen molar-refractivity contribution in [3.63, 3.8) is 0 Å². The number of hydrogen-bond donors (Lipinski definition) is 2. The molecule has 6 heteroatoms. The van der Waals surface area contributed by atoms with E-state index in [2.05, 4.69) is 5.32 Å². The van der Waals surface area contributed by atoms with Crippen LogP contribution in [-0.4, -0.2) is 17.1 Å². The van der Waals surface area contributed by atoms with Gasteiger partial charge in [-0.25, -0.2) is 0 Å². The minimum Gasteiger partial charge on any atom is -0.479 e. The van der Waals surface area contributed by atoms with Crippen molar-refractivity contribution in [1.82, 2.24) is 5.32 Å². The highest BCUT2D eigenvalue weighted by molar-refractivity contribution is 6.32. The summed E-state index contributed by atoms with van der Waals surface area (Å²) in [5.74, 6) is 0.682. The average Bonchev–Trinajstić information content (AvgIpc) is 3.00. The largest absolute Gasteiger partial charge is 0.479 e. The van der Waals surface area contributed by atoms with Gasteiger partial charge in [0.1, 0.15) is 11.5 Å². The fourth-order valence-electron chi connectivity index (χ4n) is 1.77. The maximum atomic E-state index is 12.0. The molecule has 2 aromatic rings. The van der Waals surface area contributed by atoms with Crippen LogP contribution in [0.5, 0.6) is 5.75 Å². The number of halogens is 1. The number of carbonyl (C=O) groups is 1. The Morgan fingerprint density at radius 1 is 1.43 bits per heavy atom. The average molecular weight is 310 g/mol. The summed E-state index contributed by atoms with van der Waals surface area (Å²) in [6, 6.07) is 8.56. The second-order valence-electron chi connectivity index (χ2n) is 4.44. The summed E-state index contributed by atoms with van der Waals surface area (Å²) in [6.07, 6.45) is 0.795. The predicted molar refractivity (Wildman–Crippen MR) is 78.0 cm³/mol. The lowest BCUT2D eigenvalue weighted by Gasteiger charge is -2.17. The van der Waals surface area contributed by atoms with Crippen molar-refractivity contribution >= 4 is 17.5 Å². The first-order valence-electron chi connectivity index (χ1n) is 6.47. The van der Waals surface area contributed by atoms with E-state index in [1.807, 2.05) is 0 Å². The Kier molecular flexibility index (Phi) is 5.25. The normalized spacial score (nSPS) is 12.0. The fourth-order valence-corrected chi connectivity index (χ4v) is 2.01. The first kappa shape index (κ1) is 15.4. The number of furan rings is 1. The van der Waals surface area contributed by atoms with E-state index >= 15 is 0 Å². The smallest absolute Gasteiger partial charge is 0.261 e. The summed E-state index contributed by atoms with van der Waals surface area (Å²) in [5.41, 5.74) is 0.535. The zero-order chi connectivity index (χ0) is 15.2. The summed E-state index contributed by atoms with van der Waals surface area (Å²) >= 11 is 6.03. The van der Waals surface area contributed by atoms with E-state index in [0.29, 0.717) is 22.1 Å².